The molecule has 0 radical (unpaired) electrons. The van der Waals surface area contributed by atoms with Crippen molar-refractivity contribution < 1.29 is 34.1 Å². The minimum atomic E-state index is -1.02. The molecule has 9 N–H and O–H groups in total. The summed E-state index contributed by atoms with van der Waals surface area (Å²) in [5.74, 6) is -2.00. The van der Waals surface area contributed by atoms with Crippen LogP contribution in [0.2, 0.25) is 5.02 Å². The summed E-state index contributed by atoms with van der Waals surface area (Å²) in [6.07, 6.45) is 0.494. The molecule has 8 heterocycles. The molecule has 3 amide bonds. The largest absolute Gasteiger partial charge is 0.458 e. The first-order valence-electron chi connectivity index (χ1n) is 25.6. The number of aromatic nitrogens is 18. The summed E-state index contributed by atoms with van der Waals surface area (Å²) in [4.78, 5) is 112. The van der Waals surface area contributed by atoms with Gasteiger partial charge in [-0.25, -0.2) is 14.4 Å². The first-order valence-corrected chi connectivity index (χ1v) is 26.8. The molecule has 0 aliphatic carbocycles. The van der Waals surface area contributed by atoms with Crippen molar-refractivity contribution in [1.82, 2.24) is 88.0 Å². The van der Waals surface area contributed by atoms with Crippen molar-refractivity contribution in [3.8, 4) is 0 Å². The third-order valence-electron chi connectivity index (χ3n) is 13.0. The number of carbonyl (C=O) groups excluding carboxylic acids is 3. The van der Waals surface area contributed by atoms with Crippen LogP contribution in [0.5, 0.6) is 0 Å². The number of rotatable bonds is 18. The minimum absolute atomic E-state index is 0.0273. The van der Waals surface area contributed by atoms with Crippen LogP contribution in [0.1, 0.15) is 99.1 Å². The van der Waals surface area contributed by atoms with Crippen LogP contribution < -0.4 is 50.9 Å². The molecule has 0 bridgehead atoms. The average Bonchev–Trinajstić information content (AvgIpc) is 3.12. The Hall–Kier alpha value is -10.5. The zero-order valence-corrected chi connectivity index (χ0v) is 48.5. The first-order chi connectivity index (χ1) is 41.1. The number of aryl methyl sites for hydroxylation is 3. The van der Waals surface area contributed by atoms with Crippen LogP contribution in [0.25, 0.3) is 11.0 Å². The second-order valence-electron chi connectivity index (χ2n) is 19.5. The quantitative estimate of drug-likeness (QED) is 0.0523. The topological polar surface area (TPSA) is 466 Å². The van der Waals surface area contributed by atoms with Gasteiger partial charge in [0.2, 0.25) is 0 Å². The summed E-state index contributed by atoms with van der Waals surface area (Å²) < 4.78 is 11.3. The maximum absolute atomic E-state index is 12.3. The van der Waals surface area contributed by atoms with Crippen LogP contribution in [0.15, 0.2) is 106 Å². The van der Waals surface area contributed by atoms with E-state index in [0.717, 1.165) is 67.4 Å². The maximum Gasteiger partial charge on any atom is 0.331 e. The lowest BCUT2D eigenvalue weighted by Crippen LogP contribution is -2.42. The third kappa shape index (κ3) is 14.5. The fourth-order valence-corrected chi connectivity index (χ4v) is 9.46. The molecule has 0 fully saturated rings. The van der Waals surface area contributed by atoms with Gasteiger partial charge in [0.1, 0.15) is 46.3 Å². The normalized spacial score (nSPS) is 12.3. The van der Waals surface area contributed by atoms with Crippen molar-refractivity contribution in [2.75, 3.05) is 0 Å². The first kappa shape index (κ1) is 62.6. The molecule has 454 valence electrons. The molecule has 10 rings (SSSR count). The van der Waals surface area contributed by atoms with Crippen LogP contribution in [0, 0.1) is 20.8 Å². The molecule has 0 spiro atoms. The number of primary amides is 3. The van der Waals surface area contributed by atoms with Gasteiger partial charge in [-0.15, -0.1) is 41.9 Å². The Labute approximate surface area is 495 Å². The summed E-state index contributed by atoms with van der Waals surface area (Å²) in [7, 11) is 3.72. The van der Waals surface area contributed by atoms with Gasteiger partial charge in [-0.2, -0.15) is 14.4 Å². The van der Waals surface area contributed by atoms with Gasteiger partial charge in [0.05, 0.1) is 44.3 Å². The third-order valence-corrected chi connectivity index (χ3v) is 14.6. The van der Waals surface area contributed by atoms with E-state index in [2.05, 4.69) is 46.2 Å². The molecule has 8 aromatic heterocycles. The number of aliphatic hydroxyl groups excluding tert-OH is 3. The Bertz CT molecular complexity index is 4600. The Balaban J connectivity index is 0.000000170. The highest BCUT2D eigenvalue weighted by Gasteiger charge is 2.22. The Kier molecular flexibility index (Phi) is 18.8. The summed E-state index contributed by atoms with van der Waals surface area (Å²) in [5.41, 5.74) is 13.8. The zero-order chi connectivity index (χ0) is 63.3. The lowest BCUT2D eigenvalue weighted by Gasteiger charge is -2.10. The number of thiophene rings is 1. The van der Waals surface area contributed by atoms with E-state index in [1.165, 1.54) is 46.9 Å². The Morgan fingerprint density at radius 3 is 1.33 bits per heavy atom. The molecule has 34 nitrogen and oxygen atoms in total. The SMILES string of the molecule is Cc1ccc([C@@H](O)Cn2nnc(Cn3cc(C(N)=O)c(=O)n(C)c3=O)n2)cc1.Cc1ccc2oc([C@@H](O)Cn3nnc(Cn4cc(C(N)=O)c(=O)n(C)c4=O)n3)cc2c1.Cc1sc([C@@H](O)Cn2nnc(Cn3cc(C(N)=O)c(=O)n(C)c3=O)n2)cc1Cl. The highest BCUT2D eigenvalue weighted by atomic mass is 35.5. The number of amides is 3. The number of nitrogens with two attached hydrogens (primary N) is 3. The highest BCUT2D eigenvalue weighted by molar-refractivity contribution is 7.12. The summed E-state index contributed by atoms with van der Waals surface area (Å²) in [6, 6.07) is 16.5. The van der Waals surface area contributed by atoms with E-state index in [0.29, 0.717) is 26.8 Å². The zero-order valence-electron chi connectivity index (χ0n) is 46.9. The van der Waals surface area contributed by atoms with Gasteiger partial charge in [-0.05, 0) is 66.2 Å². The standard InChI is InChI=1S/C19H19N7O5.C17H19N7O4.C15H16ClN7O4S/c1-10-3-4-14-11(5-10)6-15(31-14)13(27)8-26-22-16(21-23-26)9-25-7-12(17(20)28)18(29)24(2)19(25)30;1-10-3-5-11(6-4-10)13(25)8-24-20-14(19-21-24)9-23-7-12(15(18)26)16(27)22(2)17(23)28;1-7-9(16)3-11(28-7)10(24)5-23-19-12(18-20-23)6-22-4-8(13(17)25)14(26)21(2)15(22)27/h3-7,13,27H,8-9H2,1-2H3,(H2,20,28);3-7,13,25H,8-9H2,1-2H3,(H2,18,26);3-4,10,24H,5-6H2,1-2H3,(H2,17,25)/t2*13-;10-/m000/s1. The van der Waals surface area contributed by atoms with E-state index in [9.17, 15) is 58.5 Å². The van der Waals surface area contributed by atoms with Gasteiger partial charge in [0.25, 0.3) is 34.4 Å². The van der Waals surface area contributed by atoms with Gasteiger partial charge in [0, 0.05) is 54.9 Å². The Morgan fingerprint density at radius 1 is 0.552 bits per heavy atom. The average molecular weight is 1240 g/mol. The van der Waals surface area contributed by atoms with E-state index < -0.39 is 69.8 Å². The van der Waals surface area contributed by atoms with Crippen LogP contribution >= 0.6 is 22.9 Å². The smallest absolute Gasteiger partial charge is 0.331 e. The van der Waals surface area contributed by atoms with E-state index in [-0.39, 0.29) is 73.4 Å². The van der Waals surface area contributed by atoms with E-state index >= 15 is 0 Å². The number of aliphatic hydroxyl groups is 3. The van der Waals surface area contributed by atoms with Crippen LogP contribution in [0.4, 0.5) is 0 Å². The van der Waals surface area contributed by atoms with E-state index in [1.54, 1.807) is 12.1 Å². The molecular formula is C51H54ClN21O13S. The van der Waals surface area contributed by atoms with Crippen molar-refractivity contribution in [3.05, 3.63) is 207 Å². The number of carbonyl (C=O) groups is 3. The number of benzene rings is 2. The second-order valence-corrected chi connectivity index (χ2v) is 21.2. The van der Waals surface area contributed by atoms with Crippen molar-refractivity contribution in [1.29, 1.82) is 0 Å². The number of tetrazole rings is 3. The molecule has 0 saturated carbocycles. The molecule has 0 saturated heterocycles. The molecule has 0 unspecified atom stereocenters. The van der Waals surface area contributed by atoms with Gasteiger partial charge in [-0.3, -0.25) is 56.2 Å². The number of hydrogen-bond donors (Lipinski definition) is 6. The molecule has 87 heavy (non-hydrogen) atoms. The van der Waals surface area contributed by atoms with Crippen LogP contribution in [-0.4, -0.2) is 121 Å². The number of fused-ring (bicyclic) bond motifs is 1. The predicted octanol–water partition coefficient (Wildman–Crippen LogP) is -2.37. The number of furan rings is 1. The lowest BCUT2D eigenvalue weighted by molar-refractivity contribution is 0.0988. The molecule has 2 aromatic carbocycles. The maximum atomic E-state index is 12.3. The molecular weight excluding hydrogens is 1180 g/mol. The monoisotopic (exact) mass is 1240 g/mol. The molecule has 10 aromatic rings. The van der Waals surface area contributed by atoms with E-state index in [1.807, 2.05) is 63.2 Å². The fraction of sp³-hybridized carbons (Fsp3) is 0.294. The van der Waals surface area contributed by atoms with Crippen LogP contribution in [-0.2, 0) is 60.4 Å². The van der Waals surface area contributed by atoms with Gasteiger partial charge >= 0.3 is 17.1 Å². The lowest BCUT2D eigenvalue weighted by atomic mass is 10.1. The van der Waals surface area contributed by atoms with Crippen molar-refractivity contribution in [2.45, 2.75) is 78.4 Å². The highest BCUT2D eigenvalue weighted by Crippen LogP contribution is 2.31. The Morgan fingerprint density at radius 2 is 0.943 bits per heavy atom. The second kappa shape index (κ2) is 26.2. The fourth-order valence-electron chi connectivity index (χ4n) is 8.27. The van der Waals surface area contributed by atoms with Crippen molar-refractivity contribution in [3.63, 3.8) is 0 Å². The number of hydrogen-bond acceptors (Lipinski definition) is 23. The van der Waals surface area contributed by atoms with Crippen LogP contribution in [0.3, 0.4) is 0 Å². The number of halogens is 1. The minimum Gasteiger partial charge on any atom is -0.458 e. The molecule has 0 aliphatic heterocycles. The van der Waals surface area contributed by atoms with Crippen molar-refractivity contribution >= 4 is 51.6 Å². The molecule has 0 aliphatic rings. The van der Waals surface area contributed by atoms with Crippen molar-refractivity contribution in [2.24, 2.45) is 38.3 Å². The molecule has 36 heteroatoms. The van der Waals surface area contributed by atoms with Gasteiger partial charge in [0.15, 0.2) is 17.5 Å². The summed E-state index contributed by atoms with van der Waals surface area (Å²) in [6.45, 7) is 5.45. The van der Waals surface area contributed by atoms with Gasteiger partial charge < -0.3 is 36.9 Å². The summed E-state index contributed by atoms with van der Waals surface area (Å²) in [5, 5.41) is 68.0. The van der Waals surface area contributed by atoms with Gasteiger partial charge in [-0.1, -0.05) is 53.1 Å². The molecule has 3 atom stereocenters. The van der Waals surface area contributed by atoms with E-state index in [4.69, 9.17) is 33.2 Å². The number of nitrogens with zero attached hydrogens (tertiary/aromatic N) is 18. The summed E-state index contributed by atoms with van der Waals surface area (Å²) >= 11 is 7.37. The predicted molar refractivity (Wildman–Crippen MR) is 305 cm³/mol.